The van der Waals surface area contributed by atoms with E-state index in [0.29, 0.717) is 0 Å². The van der Waals surface area contributed by atoms with Gasteiger partial charge in [-0.05, 0) is 0 Å². The van der Waals surface area contributed by atoms with Crippen molar-refractivity contribution in [2.45, 2.75) is 35.8 Å². The third-order valence-electron chi connectivity index (χ3n) is 2.70. The molecule has 0 N–H and O–H groups in total. The Hall–Kier alpha value is -1.90. The van der Waals surface area contributed by atoms with Crippen LogP contribution in [-0.2, 0) is 5.92 Å². The van der Waals surface area contributed by atoms with Crippen LogP contribution in [-0.4, -0.2) is 29.9 Å². The molecule has 16 heteroatoms. The number of alkyl halides is 13. The van der Waals surface area contributed by atoms with E-state index in [2.05, 4.69) is 8.83 Å². The second kappa shape index (κ2) is 5.30. The summed E-state index contributed by atoms with van der Waals surface area (Å²) in [7, 11) is 0. The molecule has 0 saturated carbocycles. The molecule has 1 rings (SSSR count). The predicted octanol–water partition coefficient (Wildman–Crippen LogP) is 4.43. The molecule has 0 bridgehead atoms. The van der Waals surface area contributed by atoms with Crippen LogP contribution in [0.25, 0.3) is 0 Å². The Morgan fingerprint density at radius 3 is 1.36 bits per heavy atom. The third-order valence-corrected chi connectivity index (χ3v) is 2.70. The molecule has 0 radical (unpaired) electrons. The van der Waals surface area contributed by atoms with Gasteiger partial charge in [0.05, 0.1) is 0 Å². The van der Waals surface area contributed by atoms with Crippen LogP contribution in [0.2, 0.25) is 0 Å². The molecule has 1 aromatic rings. The highest BCUT2D eigenvalue weighted by atomic mass is 19.4. The Balaban J connectivity index is 3.56. The van der Waals surface area contributed by atoms with Gasteiger partial charge in [-0.2, -0.15) is 57.1 Å². The van der Waals surface area contributed by atoms with Crippen molar-refractivity contribution in [2.75, 3.05) is 0 Å². The minimum atomic E-state index is -8.02. The van der Waals surface area contributed by atoms with Crippen molar-refractivity contribution in [3.05, 3.63) is 22.6 Å². The zero-order valence-electron chi connectivity index (χ0n) is 10.7. The Kier molecular flexibility index (Phi) is 4.48. The van der Waals surface area contributed by atoms with Crippen LogP contribution in [0.5, 0.6) is 0 Å². The zero-order valence-corrected chi connectivity index (χ0v) is 10.7. The van der Waals surface area contributed by atoms with E-state index in [9.17, 15) is 61.9 Å². The standard InChI is InChI=1S/C9HF13O3/c10-4(11,2-1-24-3(23)25-2)5(12,13)6(14,15)7(16,17)8(18,19)9(20,21)22/h1H. The van der Waals surface area contributed by atoms with Crippen molar-refractivity contribution < 1.29 is 65.9 Å². The first-order valence-corrected chi connectivity index (χ1v) is 5.30. The Morgan fingerprint density at radius 1 is 0.640 bits per heavy atom. The molecule has 0 spiro atoms. The molecule has 1 heterocycles. The van der Waals surface area contributed by atoms with E-state index in [4.69, 9.17) is 0 Å². The highest BCUT2D eigenvalue weighted by Gasteiger charge is 2.91. The first kappa shape index (κ1) is 21.1. The lowest BCUT2D eigenvalue weighted by atomic mass is 9.93. The molecule has 0 unspecified atom stereocenters. The molecule has 1 aromatic heterocycles. The van der Waals surface area contributed by atoms with Crippen molar-refractivity contribution in [2.24, 2.45) is 0 Å². The summed E-state index contributed by atoms with van der Waals surface area (Å²) >= 11 is 0. The van der Waals surface area contributed by atoms with Crippen molar-refractivity contribution in [3.63, 3.8) is 0 Å². The van der Waals surface area contributed by atoms with E-state index in [1.807, 2.05) is 0 Å². The summed E-state index contributed by atoms with van der Waals surface area (Å²) in [4.78, 5) is 10.3. The summed E-state index contributed by atoms with van der Waals surface area (Å²) in [6.45, 7) is 0. The second-order valence-corrected chi connectivity index (χ2v) is 4.32. The number of hydrogen-bond donors (Lipinski definition) is 0. The summed E-state index contributed by atoms with van der Waals surface area (Å²) in [6, 6.07) is 0. The van der Waals surface area contributed by atoms with Crippen LogP contribution in [0.15, 0.2) is 19.9 Å². The minimum Gasteiger partial charge on any atom is -0.399 e. The monoisotopic (exact) mass is 404 g/mol. The number of halogens is 13. The molecule has 25 heavy (non-hydrogen) atoms. The van der Waals surface area contributed by atoms with Crippen molar-refractivity contribution in [3.8, 4) is 0 Å². The van der Waals surface area contributed by atoms with Gasteiger partial charge in [0.15, 0.2) is 0 Å². The summed E-state index contributed by atoms with van der Waals surface area (Å²) in [5.74, 6) is -43.0. The Bertz CT molecular complexity index is 679. The summed E-state index contributed by atoms with van der Waals surface area (Å²) in [6.07, 6.45) is -8.24. The SMILES string of the molecule is O=c1occ(C(F)(F)C(F)(F)C(F)(F)C(F)(F)C(F)(F)C(F)(F)F)o1. The number of hydrogen-bond acceptors (Lipinski definition) is 3. The van der Waals surface area contributed by atoms with Gasteiger partial charge in [-0.15, -0.1) is 0 Å². The summed E-state index contributed by atoms with van der Waals surface area (Å²) in [5, 5.41) is 0. The maximum absolute atomic E-state index is 13.3. The fourth-order valence-electron chi connectivity index (χ4n) is 1.30. The smallest absolute Gasteiger partial charge is 0.399 e. The predicted molar refractivity (Wildman–Crippen MR) is 47.0 cm³/mol. The van der Waals surface area contributed by atoms with Gasteiger partial charge >= 0.3 is 41.6 Å². The molecular weight excluding hydrogens is 403 g/mol. The molecule has 0 saturated heterocycles. The van der Waals surface area contributed by atoms with Gasteiger partial charge in [-0.1, -0.05) is 0 Å². The van der Waals surface area contributed by atoms with Crippen LogP contribution in [0.4, 0.5) is 57.1 Å². The van der Waals surface area contributed by atoms with Gasteiger partial charge in [-0.25, -0.2) is 4.79 Å². The molecule has 0 amide bonds. The molecule has 0 fully saturated rings. The topological polar surface area (TPSA) is 43.4 Å². The van der Waals surface area contributed by atoms with Crippen molar-refractivity contribution in [1.29, 1.82) is 0 Å². The van der Waals surface area contributed by atoms with Gasteiger partial charge < -0.3 is 8.83 Å². The van der Waals surface area contributed by atoms with Crippen LogP contribution >= 0.6 is 0 Å². The van der Waals surface area contributed by atoms with E-state index in [0.717, 1.165) is 0 Å². The molecule has 0 aliphatic heterocycles. The van der Waals surface area contributed by atoms with Crippen LogP contribution < -0.4 is 5.82 Å². The van der Waals surface area contributed by atoms with Gasteiger partial charge in [0.25, 0.3) is 0 Å². The quantitative estimate of drug-likeness (QED) is 0.683. The average molecular weight is 404 g/mol. The van der Waals surface area contributed by atoms with E-state index in [-0.39, 0.29) is 0 Å². The average Bonchev–Trinajstić information content (AvgIpc) is 2.83. The highest BCUT2D eigenvalue weighted by Crippen LogP contribution is 2.61. The zero-order chi connectivity index (χ0) is 20.3. The van der Waals surface area contributed by atoms with E-state index in [1.165, 1.54) is 0 Å². The van der Waals surface area contributed by atoms with Gasteiger partial charge in [-0.3, -0.25) is 0 Å². The van der Waals surface area contributed by atoms with Crippen LogP contribution in [0, 0.1) is 0 Å². The first-order valence-electron chi connectivity index (χ1n) is 5.30. The molecular formula is C9HF13O3. The molecule has 0 aliphatic rings. The van der Waals surface area contributed by atoms with E-state index >= 15 is 0 Å². The lowest BCUT2D eigenvalue weighted by Gasteiger charge is -2.38. The number of rotatable bonds is 5. The van der Waals surface area contributed by atoms with Crippen molar-refractivity contribution in [1.82, 2.24) is 0 Å². The van der Waals surface area contributed by atoms with Gasteiger partial charge in [0, 0.05) is 0 Å². The summed E-state index contributed by atoms with van der Waals surface area (Å²) in [5.41, 5.74) is 0. The van der Waals surface area contributed by atoms with E-state index in [1.54, 1.807) is 0 Å². The van der Waals surface area contributed by atoms with Crippen molar-refractivity contribution >= 4 is 0 Å². The fraction of sp³-hybridized carbons (Fsp3) is 0.667. The van der Waals surface area contributed by atoms with Gasteiger partial charge in [0.2, 0.25) is 5.76 Å². The maximum atomic E-state index is 13.3. The van der Waals surface area contributed by atoms with E-state index < -0.39 is 53.6 Å². The highest BCUT2D eigenvalue weighted by molar-refractivity contribution is 5.15. The molecule has 0 atom stereocenters. The summed E-state index contributed by atoms with van der Waals surface area (Å²) < 4.78 is 172. The Morgan fingerprint density at radius 2 is 1.04 bits per heavy atom. The fourth-order valence-corrected chi connectivity index (χ4v) is 1.30. The second-order valence-electron chi connectivity index (χ2n) is 4.32. The normalized spacial score (nSPS) is 15.6. The molecule has 146 valence electrons. The van der Waals surface area contributed by atoms with Crippen LogP contribution in [0.3, 0.4) is 0 Å². The lowest BCUT2D eigenvalue weighted by molar-refractivity contribution is -0.442. The molecule has 0 aliphatic carbocycles. The Labute approximate surface area is 126 Å². The third kappa shape index (κ3) is 2.65. The molecule has 3 nitrogen and oxygen atoms in total. The van der Waals surface area contributed by atoms with Crippen LogP contribution in [0.1, 0.15) is 5.76 Å². The minimum absolute atomic E-state index is 0.744. The molecule has 0 aromatic carbocycles. The van der Waals surface area contributed by atoms with Gasteiger partial charge in [0.1, 0.15) is 6.26 Å². The first-order chi connectivity index (χ1) is 10.7. The largest absolute Gasteiger partial charge is 0.518 e. The lowest BCUT2D eigenvalue weighted by Crippen LogP contribution is -2.69. The maximum Gasteiger partial charge on any atom is 0.518 e.